The highest BCUT2D eigenvalue weighted by Gasteiger charge is 2.66. The Morgan fingerprint density at radius 1 is 1.00 bits per heavy atom. The molecule has 3 amide bonds. The Bertz CT molecular complexity index is 1060. The Hall–Kier alpha value is -2.19. The van der Waals surface area contributed by atoms with E-state index < -0.39 is 0 Å². The minimum absolute atomic E-state index is 0.153. The lowest BCUT2D eigenvalue weighted by atomic mass is 9.81. The van der Waals surface area contributed by atoms with Gasteiger partial charge in [-0.2, -0.15) is 0 Å². The largest absolute Gasteiger partial charge is 0.497 e. The smallest absolute Gasteiger partial charge is 0.255 e. The van der Waals surface area contributed by atoms with E-state index in [0.717, 1.165) is 6.42 Å². The fraction of sp³-hybridized carbons (Fsp3) is 0.348. The predicted octanol–water partition coefficient (Wildman–Crippen LogP) is 4.23. The molecule has 1 N–H and O–H groups in total. The van der Waals surface area contributed by atoms with E-state index in [1.54, 1.807) is 55.6 Å². The van der Waals surface area contributed by atoms with E-state index in [9.17, 15) is 14.4 Å². The molecule has 2 aliphatic carbocycles. The Morgan fingerprint density at radius 3 is 2.29 bits per heavy atom. The predicted molar refractivity (Wildman–Crippen MR) is 124 cm³/mol. The summed E-state index contributed by atoms with van der Waals surface area (Å²) in [6.07, 6.45) is 0.884. The van der Waals surface area contributed by atoms with E-state index in [0.29, 0.717) is 22.7 Å². The summed E-state index contributed by atoms with van der Waals surface area (Å²) in [6, 6.07) is 13.7. The molecule has 160 valence electrons. The maximum Gasteiger partial charge on any atom is 0.255 e. The Kier molecular flexibility index (Phi) is 5.17. The number of imide groups is 1. The van der Waals surface area contributed by atoms with Crippen molar-refractivity contribution < 1.29 is 19.1 Å². The summed E-state index contributed by atoms with van der Waals surface area (Å²) >= 11 is 7.40. The van der Waals surface area contributed by atoms with E-state index in [1.165, 1.54) is 4.90 Å². The number of methoxy groups -OCH3 is 1. The number of carbonyl (C=O) groups is 3. The third-order valence-corrected chi connectivity index (χ3v) is 9.89. The first-order chi connectivity index (χ1) is 14.9. The van der Waals surface area contributed by atoms with Gasteiger partial charge in [-0.05, 0) is 48.6 Å². The fourth-order valence-electron chi connectivity index (χ4n) is 5.29. The average molecular weight is 548 g/mol. The lowest BCUT2D eigenvalue weighted by Gasteiger charge is -2.28. The van der Waals surface area contributed by atoms with Gasteiger partial charge in [-0.15, -0.1) is 0 Å². The van der Waals surface area contributed by atoms with Crippen molar-refractivity contribution in [3.63, 3.8) is 0 Å². The summed E-state index contributed by atoms with van der Waals surface area (Å²) in [5.41, 5.74) is 1.41. The standard InChI is InChI=1S/C23H20Br2N2O4/c1-31-14-7-3-5-12(9-14)26-21(28)11-4-2-6-13(8-11)27-22(29)17-15-10-16(18(17)23(27)30)20(25)19(15)24/h2-9,15-20H,10H2,1H3,(H,26,28)/t15-,16-,17-,18+,19-,20+/m1/s1. The van der Waals surface area contributed by atoms with E-state index >= 15 is 0 Å². The normalized spacial score (nSPS) is 31.1. The number of alkyl halides is 2. The zero-order chi connectivity index (χ0) is 21.9. The summed E-state index contributed by atoms with van der Waals surface area (Å²) < 4.78 is 5.19. The number of amides is 3. The summed E-state index contributed by atoms with van der Waals surface area (Å²) in [6.45, 7) is 0. The number of rotatable bonds is 4. The molecule has 8 heteroatoms. The molecule has 6 atom stereocenters. The molecule has 31 heavy (non-hydrogen) atoms. The molecular formula is C23H20Br2N2O4. The Labute approximate surface area is 196 Å². The number of nitrogens with zero attached hydrogens (tertiary/aromatic N) is 1. The molecule has 2 bridgehead atoms. The molecule has 1 aliphatic heterocycles. The number of anilines is 2. The lowest BCUT2D eigenvalue weighted by molar-refractivity contribution is -0.123. The van der Waals surface area contributed by atoms with E-state index in [-0.39, 0.29) is 51.0 Å². The zero-order valence-electron chi connectivity index (χ0n) is 16.6. The van der Waals surface area contributed by atoms with Crippen LogP contribution < -0.4 is 15.0 Å². The van der Waals surface area contributed by atoms with Crippen LogP contribution in [0, 0.1) is 23.7 Å². The van der Waals surface area contributed by atoms with Gasteiger partial charge in [-0.1, -0.05) is 44.0 Å². The van der Waals surface area contributed by atoms with Gasteiger partial charge in [0.1, 0.15) is 5.75 Å². The van der Waals surface area contributed by atoms with Gasteiger partial charge < -0.3 is 10.1 Å². The van der Waals surface area contributed by atoms with E-state index in [4.69, 9.17) is 4.74 Å². The Balaban J connectivity index is 1.40. The summed E-state index contributed by atoms with van der Waals surface area (Å²) in [5.74, 6) is -0.268. The van der Waals surface area contributed by atoms with Gasteiger partial charge in [0.15, 0.2) is 0 Å². The van der Waals surface area contributed by atoms with E-state index in [2.05, 4.69) is 37.2 Å². The quantitative estimate of drug-likeness (QED) is 0.459. The molecule has 1 saturated heterocycles. The number of carbonyl (C=O) groups excluding carboxylic acids is 3. The second kappa shape index (κ2) is 7.74. The molecule has 2 saturated carbocycles. The Morgan fingerprint density at radius 2 is 1.65 bits per heavy atom. The highest BCUT2D eigenvalue weighted by molar-refractivity contribution is 9.12. The molecule has 3 aliphatic rings. The van der Waals surface area contributed by atoms with Gasteiger partial charge in [-0.25, -0.2) is 0 Å². The first-order valence-electron chi connectivity index (χ1n) is 10.1. The van der Waals surface area contributed by atoms with Crippen molar-refractivity contribution in [3.05, 3.63) is 54.1 Å². The molecule has 0 radical (unpaired) electrons. The highest BCUT2D eigenvalue weighted by Crippen LogP contribution is 2.60. The molecule has 2 aromatic carbocycles. The van der Waals surface area contributed by atoms with Gasteiger partial charge in [0.05, 0.1) is 24.6 Å². The summed E-state index contributed by atoms with van der Waals surface area (Å²) in [7, 11) is 1.56. The molecule has 5 rings (SSSR count). The highest BCUT2D eigenvalue weighted by atomic mass is 79.9. The number of benzene rings is 2. The number of ether oxygens (including phenoxy) is 1. The van der Waals surface area contributed by atoms with Crippen molar-refractivity contribution in [3.8, 4) is 5.75 Å². The van der Waals surface area contributed by atoms with Crippen molar-refractivity contribution in [1.29, 1.82) is 0 Å². The second-order valence-corrected chi connectivity index (χ2v) is 10.4. The molecule has 0 unspecified atom stereocenters. The van der Waals surface area contributed by atoms with Crippen molar-refractivity contribution in [2.75, 3.05) is 17.3 Å². The minimum atomic E-state index is -0.324. The number of halogens is 2. The SMILES string of the molecule is COc1cccc(NC(=O)c2cccc(N3C(=O)[C@@H]4[C@H]5C[C@@H]([C@H](Br)[C@@H]5Br)[C@@H]4C3=O)c2)c1. The van der Waals surface area contributed by atoms with Gasteiger partial charge in [0, 0.05) is 27.0 Å². The van der Waals surface area contributed by atoms with Crippen LogP contribution >= 0.6 is 31.9 Å². The number of hydrogen-bond acceptors (Lipinski definition) is 4. The van der Waals surface area contributed by atoms with Crippen LogP contribution in [0.1, 0.15) is 16.8 Å². The van der Waals surface area contributed by atoms with Gasteiger partial charge in [-0.3, -0.25) is 19.3 Å². The zero-order valence-corrected chi connectivity index (χ0v) is 19.8. The summed E-state index contributed by atoms with van der Waals surface area (Å²) in [4.78, 5) is 40.9. The van der Waals surface area contributed by atoms with Crippen LogP contribution in [0.5, 0.6) is 5.75 Å². The van der Waals surface area contributed by atoms with Crippen LogP contribution in [-0.2, 0) is 9.59 Å². The number of nitrogens with one attached hydrogen (secondary N) is 1. The molecule has 2 aromatic rings. The van der Waals surface area contributed by atoms with E-state index in [1.807, 2.05) is 0 Å². The fourth-order valence-corrected chi connectivity index (χ4v) is 7.17. The molecule has 1 heterocycles. The van der Waals surface area contributed by atoms with Crippen LogP contribution in [0.15, 0.2) is 48.5 Å². The average Bonchev–Trinajstić information content (AvgIpc) is 3.38. The second-order valence-electron chi connectivity index (χ2n) is 8.25. The first kappa shape index (κ1) is 20.7. The molecule has 6 nitrogen and oxygen atoms in total. The van der Waals surface area contributed by atoms with Crippen molar-refractivity contribution in [2.45, 2.75) is 16.1 Å². The van der Waals surface area contributed by atoms with Gasteiger partial charge in [0.25, 0.3) is 5.91 Å². The van der Waals surface area contributed by atoms with Crippen LogP contribution in [-0.4, -0.2) is 34.5 Å². The maximum absolute atomic E-state index is 13.2. The monoisotopic (exact) mass is 546 g/mol. The third kappa shape index (κ3) is 3.22. The van der Waals surface area contributed by atoms with Crippen LogP contribution in [0.3, 0.4) is 0 Å². The molecule has 0 spiro atoms. The number of fused-ring (bicyclic) bond motifs is 5. The molecule has 0 aromatic heterocycles. The van der Waals surface area contributed by atoms with Crippen molar-refractivity contribution >= 4 is 61.0 Å². The van der Waals surface area contributed by atoms with Crippen LogP contribution in [0.4, 0.5) is 11.4 Å². The minimum Gasteiger partial charge on any atom is -0.497 e. The first-order valence-corrected chi connectivity index (χ1v) is 11.9. The maximum atomic E-state index is 13.2. The van der Waals surface area contributed by atoms with Crippen LogP contribution in [0.25, 0.3) is 0 Å². The number of hydrogen-bond donors (Lipinski definition) is 1. The molecule has 3 fully saturated rings. The molecular weight excluding hydrogens is 528 g/mol. The third-order valence-electron chi connectivity index (χ3n) is 6.68. The van der Waals surface area contributed by atoms with Crippen molar-refractivity contribution in [1.82, 2.24) is 0 Å². The topological polar surface area (TPSA) is 75.7 Å². The van der Waals surface area contributed by atoms with Crippen LogP contribution in [0.2, 0.25) is 0 Å². The lowest BCUT2D eigenvalue weighted by Crippen LogP contribution is -2.37. The van der Waals surface area contributed by atoms with Gasteiger partial charge >= 0.3 is 0 Å². The van der Waals surface area contributed by atoms with Gasteiger partial charge in [0.2, 0.25) is 11.8 Å². The summed E-state index contributed by atoms with van der Waals surface area (Å²) in [5, 5.41) is 2.83. The van der Waals surface area contributed by atoms with Crippen molar-refractivity contribution in [2.24, 2.45) is 23.7 Å².